The minimum atomic E-state index is -3.44. The van der Waals surface area contributed by atoms with Gasteiger partial charge in [-0.15, -0.1) is 0 Å². The minimum Gasteiger partial charge on any atom is -0.356 e. The highest BCUT2D eigenvalue weighted by Gasteiger charge is 2.29. The summed E-state index contributed by atoms with van der Waals surface area (Å²) in [7, 11) is -3.44. The fourth-order valence-electron chi connectivity index (χ4n) is 3.05. The van der Waals surface area contributed by atoms with E-state index < -0.39 is 10.0 Å². The first kappa shape index (κ1) is 20.6. The Balaban J connectivity index is 1.79. The van der Waals surface area contributed by atoms with Crippen LogP contribution in [0, 0.1) is 11.8 Å². The van der Waals surface area contributed by atoms with E-state index in [1.807, 2.05) is 30.3 Å². The van der Waals surface area contributed by atoms with Crippen LogP contribution in [-0.2, 0) is 14.8 Å². The van der Waals surface area contributed by atoms with Gasteiger partial charge in [0.15, 0.2) is 0 Å². The van der Waals surface area contributed by atoms with Crippen molar-refractivity contribution in [2.75, 3.05) is 19.6 Å². The average molecular weight is 379 g/mol. The largest absolute Gasteiger partial charge is 0.356 e. The Labute approximate surface area is 157 Å². The zero-order valence-corrected chi connectivity index (χ0v) is 16.5. The standard InChI is InChI=1S/C20H30N2O3S/c1-17(2)7-6-13-21-20(23)19-10-14-22(15-11-19)26(24,25)16-12-18-8-4-3-5-9-18/h3-5,8-9,12,16-17,19H,6-7,10-11,13-15H2,1-2H3,(H,21,23)/b16-12+. The van der Waals surface area contributed by atoms with E-state index in [0.29, 0.717) is 38.4 Å². The first-order valence-corrected chi connectivity index (χ1v) is 10.9. The van der Waals surface area contributed by atoms with Crippen molar-refractivity contribution in [1.29, 1.82) is 0 Å². The van der Waals surface area contributed by atoms with E-state index in [1.54, 1.807) is 6.08 Å². The molecule has 1 aromatic rings. The molecule has 0 aromatic heterocycles. The van der Waals surface area contributed by atoms with Crippen molar-refractivity contribution in [3.63, 3.8) is 0 Å². The first-order valence-electron chi connectivity index (χ1n) is 9.39. The van der Waals surface area contributed by atoms with Crippen LogP contribution in [0.2, 0.25) is 0 Å². The number of carbonyl (C=O) groups excluding carboxylic acids is 1. The highest BCUT2D eigenvalue weighted by atomic mass is 32.2. The van der Waals surface area contributed by atoms with Crippen LogP contribution in [0.5, 0.6) is 0 Å². The molecule has 1 saturated heterocycles. The lowest BCUT2D eigenvalue weighted by atomic mass is 9.97. The second-order valence-electron chi connectivity index (χ2n) is 7.26. The second-order valence-corrected chi connectivity index (χ2v) is 9.08. The number of sulfonamides is 1. The molecule has 1 heterocycles. The van der Waals surface area contributed by atoms with Crippen LogP contribution < -0.4 is 5.32 Å². The van der Waals surface area contributed by atoms with Crippen molar-refractivity contribution in [2.45, 2.75) is 39.5 Å². The molecule has 1 fully saturated rings. The third kappa shape index (κ3) is 6.57. The van der Waals surface area contributed by atoms with Crippen LogP contribution in [-0.4, -0.2) is 38.3 Å². The van der Waals surface area contributed by atoms with E-state index in [9.17, 15) is 13.2 Å². The molecule has 1 aliphatic heterocycles. The Morgan fingerprint density at radius 3 is 2.50 bits per heavy atom. The molecule has 1 aromatic carbocycles. The van der Waals surface area contributed by atoms with Crippen molar-refractivity contribution in [3.05, 3.63) is 41.3 Å². The summed E-state index contributed by atoms with van der Waals surface area (Å²) in [5.41, 5.74) is 0.853. The Morgan fingerprint density at radius 2 is 1.88 bits per heavy atom. The van der Waals surface area contributed by atoms with E-state index in [-0.39, 0.29) is 11.8 Å². The Morgan fingerprint density at radius 1 is 1.23 bits per heavy atom. The predicted octanol–water partition coefficient (Wildman–Crippen LogP) is 3.25. The van der Waals surface area contributed by atoms with Crippen LogP contribution in [0.25, 0.3) is 6.08 Å². The van der Waals surface area contributed by atoms with Crippen molar-refractivity contribution >= 4 is 22.0 Å². The SMILES string of the molecule is CC(C)CCCNC(=O)C1CCN(S(=O)(=O)/C=C/c2ccccc2)CC1. The number of nitrogens with zero attached hydrogens (tertiary/aromatic N) is 1. The lowest BCUT2D eigenvalue weighted by Gasteiger charge is -2.29. The summed E-state index contributed by atoms with van der Waals surface area (Å²) >= 11 is 0. The van der Waals surface area contributed by atoms with Gasteiger partial charge in [0.25, 0.3) is 0 Å². The molecule has 2 rings (SSSR count). The Bertz CT molecular complexity index is 691. The molecule has 1 aliphatic rings. The van der Waals surface area contributed by atoms with Gasteiger partial charge in [-0.25, -0.2) is 8.42 Å². The number of amides is 1. The van der Waals surface area contributed by atoms with Gasteiger partial charge in [-0.1, -0.05) is 44.2 Å². The average Bonchev–Trinajstić information content (AvgIpc) is 2.64. The molecule has 26 heavy (non-hydrogen) atoms. The highest BCUT2D eigenvalue weighted by Crippen LogP contribution is 2.21. The van der Waals surface area contributed by atoms with Gasteiger partial charge in [-0.3, -0.25) is 4.79 Å². The zero-order valence-electron chi connectivity index (χ0n) is 15.7. The van der Waals surface area contributed by atoms with Crippen molar-refractivity contribution in [2.24, 2.45) is 11.8 Å². The maximum atomic E-state index is 12.4. The van der Waals surface area contributed by atoms with Gasteiger partial charge in [-0.2, -0.15) is 4.31 Å². The van der Waals surface area contributed by atoms with Gasteiger partial charge < -0.3 is 5.32 Å². The van der Waals surface area contributed by atoms with Crippen molar-refractivity contribution < 1.29 is 13.2 Å². The molecule has 0 unspecified atom stereocenters. The number of rotatable bonds is 8. The summed E-state index contributed by atoms with van der Waals surface area (Å²) in [5.74, 6) is 0.619. The molecule has 0 radical (unpaired) electrons. The number of piperidine rings is 1. The van der Waals surface area contributed by atoms with E-state index in [2.05, 4.69) is 19.2 Å². The molecule has 0 aliphatic carbocycles. The fraction of sp³-hybridized carbons (Fsp3) is 0.550. The number of carbonyl (C=O) groups is 1. The van der Waals surface area contributed by atoms with Crippen LogP contribution in [0.4, 0.5) is 0 Å². The molecule has 0 saturated carbocycles. The third-order valence-electron chi connectivity index (χ3n) is 4.67. The monoisotopic (exact) mass is 378 g/mol. The molecule has 6 heteroatoms. The van der Waals surface area contributed by atoms with Gasteiger partial charge in [-0.05, 0) is 43.2 Å². The van der Waals surface area contributed by atoms with Crippen molar-refractivity contribution in [1.82, 2.24) is 9.62 Å². The molecule has 0 spiro atoms. The van der Waals surface area contributed by atoms with E-state index in [4.69, 9.17) is 0 Å². The normalized spacial score (nSPS) is 17.0. The number of nitrogens with one attached hydrogen (secondary N) is 1. The summed E-state index contributed by atoms with van der Waals surface area (Å²) in [4.78, 5) is 12.2. The fourth-order valence-corrected chi connectivity index (χ4v) is 4.27. The molecular formula is C20H30N2O3S. The minimum absolute atomic E-state index is 0.0608. The highest BCUT2D eigenvalue weighted by molar-refractivity contribution is 7.92. The number of hydrogen-bond donors (Lipinski definition) is 1. The van der Waals surface area contributed by atoms with Crippen LogP contribution in [0.15, 0.2) is 35.7 Å². The Kier molecular flexibility index (Phi) is 7.85. The zero-order chi connectivity index (χ0) is 19.0. The quantitative estimate of drug-likeness (QED) is 0.706. The van der Waals surface area contributed by atoms with E-state index in [1.165, 1.54) is 9.71 Å². The van der Waals surface area contributed by atoms with Gasteiger partial charge in [0, 0.05) is 31.0 Å². The number of hydrogen-bond acceptors (Lipinski definition) is 3. The topological polar surface area (TPSA) is 66.5 Å². The maximum Gasteiger partial charge on any atom is 0.236 e. The summed E-state index contributed by atoms with van der Waals surface area (Å²) in [6.45, 7) is 5.83. The molecule has 1 N–H and O–H groups in total. The van der Waals surface area contributed by atoms with Crippen LogP contribution in [0.3, 0.4) is 0 Å². The first-order chi connectivity index (χ1) is 12.4. The van der Waals surface area contributed by atoms with Crippen molar-refractivity contribution in [3.8, 4) is 0 Å². The summed E-state index contributed by atoms with van der Waals surface area (Å²) < 4.78 is 26.4. The second kappa shape index (κ2) is 9.88. The van der Waals surface area contributed by atoms with Crippen LogP contribution in [0.1, 0.15) is 45.1 Å². The number of benzene rings is 1. The Hall–Kier alpha value is -1.66. The van der Waals surface area contributed by atoms with E-state index in [0.717, 1.165) is 18.4 Å². The molecule has 0 bridgehead atoms. The summed E-state index contributed by atoms with van der Waals surface area (Å²) in [6, 6.07) is 9.36. The van der Waals surface area contributed by atoms with Gasteiger partial charge in [0.05, 0.1) is 0 Å². The maximum absolute atomic E-state index is 12.4. The van der Waals surface area contributed by atoms with Gasteiger partial charge in [0.1, 0.15) is 0 Å². The van der Waals surface area contributed by atoms with E-state index >= 15 is 0 Å². The van der Waals surface area contributed by atoms with Gasteiger partial charge in [0.2, 0.25) is 15.9 Å². The summed E-state index contributed by atoms with van der Waals surface area (Å²) in [5, 5.41) is 4.25. The molecule has 144 valence electrons. The van der Waals surface area contributed by atoms with Crippen LogP contribution >= 0.6 is 0 Å². The molecular weight excluding hydrogens is 348 g/mol. The molecule has 5 nitrogen and oxygen atoms in total. The predicted molar refractivity (Wildman–Crippen MR) is 106 cm³/mol. The molecule has 1 amide bonds. The molecule has 0 atom stereocenters. The third-order valence-corrected chi connectivity index (χ3v) is 6.24. The van der Waals surface area contributed by atoms with Gasteiger partial charge >= 0.3 is 0 Å². The summed E-state index contributed by atoms with van der Waals surface area (Å²) in [6.07, 6.45) is 4.86. The smallest absolute Gasteiger partial charge is 0.236 e. The lowest BCUT2D eigenvalue weighted by molar-refractivity contribution is -0.126. The lowest BCUT2D eigenvalue weighted by Crippen LogP contribution is -2.42.